The SMILES string of the molecule is CCCN(CCC(=O)N1CCNCC1)C(=O)c1ccc(F)c(Cl)c1. The van der Waals surface area contributed by atoms with Gasteiger partial charge in [-0.05, 0) is 24.6 Å². The average Bonchev–Trinajstić information content (AvgIpc) is 2.61. The minimum Gasteiger partial charge on any atom is -0.340 e. The minimum atomic E-state index is -0.552. The highest BCUT2D eigenvalue weighted by molar-refractivity contribution is 6.31. The molecule has 1 aromatic carbocycles. The molecule has 7 heteroatoms. The van der Waals surface area contributed by atoms with Gasteiger partial charge in [0.05, 0.1) is 5.02 Å². The van der Waals surface area contributed by atoms with E-state index < -0.39 is 5.82 Å². The molecule has 0 saturated carbocycles. The van der Waals surface area contributed by atoms with Crippen LogP contribution in [0.1, 0.15) is 30.1 Å². The molecule has 0 aromatic heterocycles. The predicted molar refractivity (Wildman–Crippen MR) is 91.7 cm³/mol. The molecule has 1 aliphatic rings. The van der Waals surface area contributed by atoms with Crippen LogP contribution in [0.3, 0.4) is 0 Å². The van der Waals surface area contributed by atoms with Crippen LogP contribution in [-0.4, -0.2) is 60.9 Å². The number of piperazine rings is 1. The largest absolute Gasteiger partial charge is 0.340 e. The van der Waals surface area contributed by atoms with Crippen LogP contribution >= 0.6 is 11.6 Å². The molecule has 0 atom stereocenters. The lowest BCUT2D eigenvalue weighted by atomic mass is 10.1. The van der Waals surface area contributed by atoms with Crippen LogP contribution in [0, 0.1) is 5.82 Å². The van der Waals surface area contributed by atoms with E-state index in [9.17, 15) is 14.0 Å². The molecular weight excluding hydrogens is 333 g/mol. The highest BCUT2D eigenvalue weighted by Crippen LogP contribution is 2.17. The molecule has 0 unspecified atom stereocenters. The monoisotopic (exact) mass is 355 g/mol. The molecule has 5 nitrogen and oxygen atoms in total. The van der Waals surface area contributed by atoms with Crippen molar-refractivity contribution in [1.29, 1.82) is 0 Å². The maximum absolute atomic E-state index is 13.3. The van der Waals surface area contributed by atoms with Crippen molar-refractivity contribution in [3.8, 4) is 0 Å². The van der Waals surface area contributed by atoms with Gasteiger partial charge in [-0.15, -0.1) is 0 Å². The van der Waals surface area contributed by atoms with Gasteiger partial charge < -0.3 is 15.1 Å². The van der Waals surface area contributed by atoms with E-state index in [0.29, 0.717) is 38.2 Å². The first-order chi connectivity index (χ1) is 11.5. The third-order valence-electron chi connectivity index (χ3n) is 4.01. The second-order valence-corrected chi connectivity index (χ2v) is 6.21. The highest BCUT2D eigenvalue weighted by Gasteiger charge is 2.20. The van der Waals surface area contributed by atoms with E-state index in [2.05, 4.69) is 5.32 Å². The summed E-state index contributed by atoms with van der Waals surface area (Å²) in [6, 6.07) is 3.94. The Bertz CT molecular complexity index is 591. The van der Waals surface area contributed by atoms with Gasteiger partial charge in [-0.1, -0.05) is 18.5 Å². The quantitative estimate of drug-likeness (QED) is 0.850. The van der Waals surface area contributed by atoms with Gasteiger partial charge in [-0.3, -0.25) is 9.59 Å². The van der Waals surface area contributed by atoms with Gasteiger partial charge >= 0.3 is 0 Å². The fourth-order valence-electron chi connectivity index (χ4n) is 2.70. The molecule has 0 radical (unpaired) electrons. The second-order valence-electron chi connectivity index (χ2n) is 5.80. The molecule has 1 heterocycles. The molecule has 1 N–H and O–H groups in total. The molecule has 1 fully saturated rings. The van der Waals surface area contributed by atoms with E-state index in [-0.39, 0.29) is 16.8 Å². The average molecular weight is 356 g/mol. The number of rotatable bonds is 6. The molecule has 0 bridgehead atoms. The van der Waals surface area contributed by atoms with Crippen molar-refractivity contribution in [3.05, 3.63) is 34.6 Å². The highest BCUT2D eigenvalue weighted by atomic mass is 35.5. The standard InChI is InChI=1S/C17H23ClFN3O2/c1-2-8-22(9-5-16(23)21-10-6-20-7-11-21)17(24)13-3-4-15(19)14(18)12-13/h3-4,12,20H,2,5-11H2,1H3. The first-order valence-corrected chi connectivity index (χ1v) is 8.63. The van der Waals surface area contributed by atoms with Gasteiger partial charge in [-0.2, -0.15) is 0 Å². The summed E-state index contributed by atoms with van der Waals surface area (Å²) in [5.41, 5.74) is 0.337. The van der Waals surface area contributed by atoms with E-state index in [1.165, 1.54) is 18.2 Å². The lowest BCUT2D eigenvalue weighted by Crippen LogP contribution is -2.47. The molecule has 2 rings (SSSR count). The Morgan fingerprint density at radius 1 is 1.29 bits per heavy atom. The van der Waals surface area contributed by atoms with Crippen LogP contribution in [-0.2, 0) is 4.79 Å². The zero-order valence-electron chi connectivity index (χ0n) is 13.9. The van der Waals surface area contributed by atoms with Crippen molar-refractivity contribution in [3.63, 3.8) is 0 Å². The van der Waals surface area contributed by atoms with Crippen LogP contribution in [0.15, 0.2) is 18.2 Å². The number of halogens is 2. The van der Waals surface area contributed by atoms with E-state index >= 15 is 0 Å². The summed E-state index contributed by atoms with van der Waals surface area (Å²) >= 11 is 5.76. The fourth-order valence-corrected chi connectivity index (χ4v) is 2.88. The van der Waals surface area contributed by atoms with Crippen LogP contribution in [0.25, 0.3) is 0 Å². The fraction of sp³-hybridized carbons (Fsp3) is 0.529. The van der Waals surface area contributed by atoms with Gasteiger partial charge in [0.25, 0.3) is 5.91 Å². The maximum Gasteiger partial charge on any atom is 0.253 e. The van der Waals surface area contributed by atoms with E-state index in [4.69, 9.17) is 11.6 Å². The Kier molecular flexibility index (Phi) is 6.99. The zero-order chi connectivity index (χ0) is 17.5. The third-order valence-corrected chi connectivity index (χ3v) is 4.30. The summed E-state index contributed by atoms with van der Waals surface area (Å²) in [4.78, 5) is 28.3. The van der Waals surface area contributed by atoms with Crippen molar-refractivity contribution in [2.75, 3.05) is 39.3 Å². The number of amides is 2. The first kappa shape index (κ1) is 18.7. The van der Waals surface area contributed by atoms with Crippen LogP contribution in [0.4, 0.5) is 4.39 Å². The summed E-state index contributed by atoms with van der Waals surface area (Å²) < 4.78 is 13.3. The van der Waals surface area contributed by atoms with Gasteiger partial charge in [0, 0.05) is 51.3 Å². The molecular formula is C17H23ClFN3O2. The lowest BCUT2D eigenvalue weighted by Gasteiger charge is -2.29. The molecule has 0 aliphatic carbocycles. The number of carbonyl (C=O) groups excluding carboxylic acids is 2. The Hall–Kier alpha value is -1.66. The number of carbonyl (C=O) groups is 2. The van der Waals surface area contributed by atoms with Crippen LogP contribution in [0.2, 0.25) is 5.02 Å². The van der Waals surface area contributed by atoms with E-state index in [1.807, 2.05) is 11.8 Å². The summed E-state index contributed by atoms with van der Waals surface area (Å²) in [6.07, 6.45) is 1.07. The number of benzene rings is 1. The smallest absolute Gasteiger partial charge is 0.253 e. The lowest BCUT2D eigenvalue weighted by molar-refractivity contribution is -0.131. The Labute approximate surface area is 146 Å². The molecule has 132 valence electrons. The maximum atomic E-state index is 13.3. The molecule has 2 amide bonds. The second kappa shape index (κ2) is 8.99. The van der Waals surface area contributed by atoms with Crippen LogP contribution in [0.5, 0.6) is 0 Å². The van der Waals surface area contributed by atoms with Crippen LogP contribution < -0.4 is 5.32 Å². The normalized spacial score (nSPS) is 14.5. The van der Waals surface area contributed by atoms with Crippen molar-refractivity contribution in [1.82, 2.24) is 15.1 Å². The minimum absolute atomic E-state index is 0.0579. The molecule has 1 aliphatic heterocycles. The molecule has 0 spiro atoms. The van der Waals surface area contributed by atoms with E-state index in [0.717, 1.165) is 19.5 Å². The van der Waals surface area contributed by atoms with Gasteiger partial charge in [-0.25, -0.2) is 4.39 Å². The third kappa shape index (κ3) is 4.92. The summed E-state index contributed by atoms with van der Waals surface area (Å²) in [5.74, 6) is -0.724. The summed E-state index contributed by atoms with van der Waals surface area (Å²) in [6.45, 7) is 5.88. The number of hydrogen-bond donors (Lipinski definition) is 1. The number of nitrogens with one attached hydrogen (secondary N) is 1. The molecule has 24 heavy (non-hydrogen) atoms. The Morgan fingerprint density at radius 3 is 2.62 bits per heavy atom. The molecule has 1 aromatic rings. The Morgan fingerprint density at radius 2 is 2.00 bits per heavy atom. The summed E-state index contributed by atoms with van der Waals surface area (Å²) in [7, 11) is 0. The zero-order valence-corrected chi connectivity index (χ0v) is 14.6. The topological polar surface area (TPSA) is 52.7 Å². The van der Waals surface area contributed by atoms with Crippen molar-refractivity contribution >= 4 is 23.4 Å². The number of hydrogen-bond acceptors (Lipinski definition) is 3. The van der Waals surface area contributed by atoms with Gasteiger partial charge in [0.2, 0.25) is 5.91 Å². The van der Waals surface area contributed by atoms with Crippen molar-refractivity contribution in [2.24, 2.45) is 0 Å². The first-order valence-electron chi connectivity index (χ1n) is 8.25. The van der Waals surface area contributed by atoms with Crippen molar-refractivity contribution in [2.45, 2.75) is 19.8 Å². The number of nitrogens with zero attached hydrogens (tertiary/aromatic N) is 2. The predicted octanol–water partition coefficient (Wildman–Crippen LogP) is 2.15. The van der Waals surface area contributed by atoms with Gasteiger partial charge in [0.15, 0.2) is 0 Å². The van der Waals surface area contributed by atoms with Crippen molar-refractivity contribution < 1.29 is 14.0 Å². The van der Waals surface area contributed by atoms with Gasteiger partial charge in [0.1, 0.15) is 5.82 Å². The Balaban J connectivity index is 1.98. The molecule has 1 saturated heterocycles. The summed E-state index contributed by atoms with van der Waals surface area (Å²) in [5, 5.41) is 3.13. The van der Waals surface area contributed by atoms with E-state index in [1.54, 1.807) is 4.90 Å².